The molecule has 0 bridgehead atoms. The number of halogens is 2. The van der Waals surface area contributed by atoms with E-state index in [1.807, 2.05) is 32.9 Å². The van der Waals surface area contributed by atoms with Crippen molar-refractivity contribution in [1.29, 1.82) is 0 Å². The lowest BCUT2D eigenvalue weighted by atomic mass is 10.2. The highest BCUT2D eigenvalue weighted by molar-refractivity contribution is 7.18. The van der Waals surface area contributed by atoms with E-state index in [-0.39, 0.29) is 12.1 Å². The highest BCUT2D eigenvalue weighted by atomic mass is 32.1. The largest absolute Gasteiger partial charge is 0.325 e. The molecule has 2 aromatic carbocycles. The summed E-state index contributed by atoms with van der Waals surface area (Å²) >= 11 is 1.58. The van der Waals surface area contributed by atoms with Gasteiger partial charge in [0, 0.05) is 23.5 Å². The molecule has 2 heterocycles. The number of rotatable bonds is 5. The Morgan fingerprint density at radius 1 is 1.07 bits per heavy atom. The van der Waals surface area contributed by atoms with Crippen molar-refractivity contribution in [2.45, 2.75) is 33.7 Å². The van der Waals surface area contributed by atoms with Gasteiger partial charge in [-0.25, -0.2) is 13.8 Å². The van der Waals surface area contributed by atoms with Crippen LogP contribution in [0.25, 0.3) is 10.2 Å². The molecule has 0 spiro atoms. The summed E-state index contributed by atoms with van der Waals surface area (Å²) in [6.45, 7) is 5.93. The van der Waals surface area contributed by atoms with E-state index in [4.69, 9.17) is 0 Å². The monoisotopic (exact) mass is 426 g/mol. The molecule has 0 aliphatic rings. The van der Waals surface area contributed by atoms with Gasteiger partial charge in [-0.1, -0.05) is 6.92 Å². The average molecular weight is 426 g/mol. The van der Waals surface area contributed by atoms with E-state index < -0.39 is 11.6 Å². The van der Waals surface area contributed by atoms with Crippen LogP contribution in [0, 0.1) is 25.5 Å². The second-order valence-corrected chi connectivity index (χ2v) is 8.38. The third-order valence-corrected chi connectivity index (χ3v) is 5.74. The van der Waals surface area contributed by atoms with E-state index >= 15 is 0 Å². The molecule has 0 radical (unpaired) electrons. The number of thiazole rings is 1. The van der Waals surface area contributed by atoms with Crippen molar-refractivity contribution in [3.05, 3.63) is 80.2 Å². The fourth-order valence-corrected chi connectivity index (χ4v) is 4.20. The molecular weight excluding hydrogens is 406 g/mol. The van der Waals surface area contributed by atoms with Crippen molar-refractivity contribution in [2.24, 2.45) is 0 Å². The molecule has 0 unspecified atom stereocenters. The standard InChI is InChI=1S/C22H20F2N4OS/c1-4-15-11-28(10-14-6-16(23)8-17(24)7-14)22(27-21(15)29)26-18-9-20-19(5-12(18)2)25-13(3)30-20/h5-9,11H,4,10H2,1-3H3,(H,26,27,29). The molecule has 1 N–H and O–H groups in total. The van der Waals surface area contributed by atoms with Gasteiger partial charge in [-0.05, 0) is 55.7 Å². The Hall–Kier alpha value is -3.13. The molecule has 2 aromatic heterocycles. The van der Waals surface area contributed by atoms with Gasteiger partial charge in [0.15, 0.2) is 0 Å². The van der Waals surface area contributed by atoms with E-state index in [0.29, 0.717) is 23.5 Å². The van der Waals surface area contributed by atoms with Crippen LogP contribution >= 0.6 is 11.3 Å². The zero-order valence-electron chi connectivity index (χ0n) is 16.8. The van der Waals surface area contributed by atoms with E-state index in [1.165, 1.54) is 12.1 Å². The Morgan fingerprint density at radius 3 is 2.50 bits per heavy atom. The number of fused-ring (bicyclic) bond motifs is 1. The zero-order chi connectivity index (χ0) is 21.4. The highest BCUT2D eigenvalue weighted by Crippen LogP contribution is 2.29. The predicted octanol–water partition coefficient (Wildman–Crippen LogP) is 5.10. The average Bonchev–Trinajstić information content (AvgIpc) is 3.02. The topological polar surface area (TPSA) is 59.8 Å². The lowest BCUT2D eigenvalue weighted by Crippen LogP contribution is -2.21. The number of nitrogens with one attached hydrogen (secondary N) is 1. The Kier molecular flexibility index (Phi) is 5.34. The van der Waals surface area contributed by atoms with Crippen molar-refractivity contribution in [3.63, 3.8) is 0 Å². The van der Waals surface area contributed by atoms with Gasteiger partial charge in [0.1, 0.15) is 11.6 Å². The van der Waals surface area contributed by atoms with Gasteiger partial charge in [-0.2, -0.15) is 4.98 Å². The van der Waals surface area contributed by atoms with E-state index in [9.17, 15) is 13.6 Å². The van der Waals surface area contributed by atoms with Crippen LogP contribution in [0.5, 0.6) is 0 Å². The Bertz CT molecular complexity index is 1290. The van der Waals surface area contributed by atoms with Crippen molar-refractivity contribution in [1.82, 2.24) is 14.5 Å². The van der Waals surface area contributed by atoms with Crippen molar-refractivity contribution in [2.75, 3.05) is 5.32 Å². The maximum Gasteiger partial charge on any atom is 0.277 e. The quantitative estimate of drug-likeness (QED) is 0.482. The molecule has 4 aromatic rings. The molecule has 4 rings (SSSR count). The first-order valence-corrected chi connectivity index (χ1v) is 10.3. The van der Waals surface area contributed by atoms with Gasteiger partial charge in [0.2, 0.25) is 5.95 Å². The fraction of sp³-hybridized carbons (Fsp3) is 0.227. The third-order valence-electron chi connectivity index (χ3n) is 4.81. The number of nitrogens with zero attached hydrogens (tertiary/aromatic N) is 3. The number of anilines is 2. The number of aromatic nitrogens is 3. The first-order valence-electron chi connectivity index (χ1n) is 9.52. The van der Waals surface area contributed by atoms with E-state index in [0.717, 1.165) is 32.5 Å². The summed E-state index contributed by atoms with van der Waals surface area (Å²) < 4.78 is 30.0. The Labute approximate surface area is 176 Å². The molecule has 0 atom stereocenters. The maximum atomic E-state index is 13.7. The van der Waals surface area contributed by atoms with Gasteiger partial charge in [0.05, 0.1) is 21.8 Å². The van der Waals surface area contributed by atoms with E-state index in [2.05, 4.69) is 15.3 Å². The molecule has 0 aliphatic carbocycles. The lowest BCUT2D eigenvalue weighted by Gasteiger charge is -2.16. The van der Waals surface area contributed by atoms with Crippen LogP contribution in [0.3, 0.4) is 0 Å². The summed E-state index contributed by atoms with van der Waals surface area (Å²) in [5.74, 6) is -0.984. The van der Waals surface area contributed by atoms with Crippen molar-refractivity contribution >= 4 is 33.2 Å². The van der Waals surface area contributed by atoms with Crippen LogP contribution in [0.15, 0.2) is 41.3 Å². The van der Waals surface area contributed by atoms with Gasteiger partial charge >= 0.3 is 0 Å². The molecule has 0 fully saturated rings. The van der Waals surface area contributed by atoms with Crippen LogP contribution in [-0.4, -0.2) is 14.5 Å². The number of hydrogen-bond acceptors (Lipinski definition) is 5. The summed E-state index contributed by atoms with van der Waals surface area (Å²) in [7, 11) is 0. The Balaban J connectivity index is 1.78. The molecule has 5 nitrogen and oxygen atoms in total. The summed E-state index contributed by atoms with van der Waals surface area (Å²) in [5.41, 5.74) is 3.30. The maximum absolute atomic E-state index is 13.7. The summed E-state index contributed by atoms with van der Waals surface area (Å²) in [5, 5.41) is 4.20. The van der Waals surface area contributed by atoms with Crippen LogP contribution in [0.4, 0.5) is 20.4 Å². The van der Waals surface area contributed by atoms with Crippen LogP contribution < -0.4 is 10.9 Å². The summed E-state index contributed by atoms with van der Waals surface area (Å²) in [4.78, 5) is 21.1. The fourth-order valence-electron chi connectivity index (χ4n) is 3.35. The smallest absolute Gasteiger partial charge is 0.277 e. The van der Waals surface area contributed by atoms with Gasteiger partial charge < -0.3 is 9.88 Å². The molecule has 0 saturated carbocycles. The molecule has 0 amide bonds. The van der Waals surface area contributed by atoms with Gasteiger partial charge in [-0.3, -0.25) is 4.79 Å². The lowest BCUT2D eigenvalue weighted by molar-refractivity contribution is 0.577. The second kappa shape index (κ2) is 7.95. The third kappa shape index (κ3) is 4.09. The van der Waals surface area contributed by atoms with Crippen LogP contribution in [-0.2, 0) is 13.0 Å². The predicted molar refractivity (Wildman–Crippen MR) is 116 cm³/mol. The zero-order valence-corrected chi connectivity index (χ0v) is 17.6. The molecule has 0 aliphatic heterocycles. The summed E-state index contributed by atoms with van der Waals surface area (Å²) in [6.07, 6.45) is 2.19. The van der Waals surface area contributed by atoms with Gasteiger partial charge in [-0.15, -0.1) is 11.3 Å². The highest BCUT2D eigenvalue weighted by Gasteiger charge is 2.12. The number of benzene rings is 2. The first kappa shape index (κ1) is 20.2. The van der Waals surface area contributed by atoms with Crippen LogP contribution in [0.1, 0.15) is 28.6 Å². The number of aryl methyl sites for hydroxylation is 3. The molecule has 30 heavy (non-hydrogen) atoms. The molecule has 8 heteroatoms. The number of hydrogen-bond donors (Lipinski definition) is 1. The molecule has 0 saturated heterocycles. The van der Waals surface area contributed by atoms with E-state index in [1.54, 1.807) is 22.1 Å². The van der Waals surface area contributed by atoms with Gasteiger partial charge in [0.25, 0.3) is 5.56 Å². The minimum atomic E-state index is -0.647. The van der Waals surface area contributed by atoms with Crippen molar-refractivity contribution < 1.29 is 8.78 Å². The second-order valence-electron chi connectivity index (χ2n) is 7.15. The first-order chi connectivity index (χ1) is 14.3. The normalized spacial score (nSPS) is 11.2. The minimum absolute atomic E-state index is 0.165. The summed E-state index contributed by atoms with van der Waals surface area (Å²) in [6, 6.07) is 7.33. The van der Waals surface area contributed by atoms with Crippen molar-refractivity contribution in [3.8, 4) is 0 Å². The molecule has 154 valence electrons. The minimum Gasteiger partial charge on any atom is -0.325 e. The molecular formula is C22H20F2N4OS. The SMILES string of the molecule is CCc1cn(Cc2cc(F)cc(F)c2)c(Nc2cc3sc(C)nc3cc2C)nc1=O. The van der Waals surface area contributed by atoms with Crippen LogP contribution in [0.2, 0.25) is 0 Å². The Morgan fingerprint density at radius 2 is 1.80 bits per heavy atom.